The van der Waals surface area contributed by atoms with E-state index in [2.05, 4.69) is 16.9 Å². The molecule has 1 aliphatic rings. The van der Waals surface area contributed by atoms with Crippen LogP contribution in [0.5, 0.6) is 0 Å². The van der Waals surface area contributed by atoms with E-state index in [9.17, 15) is 18.0 Å². The number of nitrogens with one attached hydrogen (secondary N) is 1. The van der Waals surface area contributed by atoms with Gasteiger partial charge < -0.3 is 9.80 Å². The Morgan fingerprint density at radius 1 is 0.774 bits per heavy atom. The third-order valence-electron chi connectivity index (χ3n) is 5.37. The second-order valence-corrected chi connectivity index (χ2v) is 9.33. The molecule has 3 rings (SSSR count). The Kier molecular flexibility index (Phi) is 8.20. The van der Waals surface area contributed by atoms with Crippen molar-refractivity contribution in [2.45, 2.75) is 30.6 Å². The Morgan fingerprint density at radius 3 is 1.87 bits per heavy atom. The van der Waals surface area contributed by atoms with Crippen molar-refractivity contribution in [1.82, 2.24) is 14.5 Å². The van der Waals surface area contributed by atoms with Crippen molar-refractivity contribution in [3.8, 4) is 0 Å². The summed E-state index contributed by atoms with van der Waals surface area (Å²) in [7, 11) is -3.61. The first-order valence-electron chi connectivity index (χ1n) is 10.6. The number of hydrogen-bond donors (Lipinski definition) is 1. The zero-order valence-electron chi connectivity index (χ0n) is 17.6. The predicted octanol–water partition coefficient (Wildman–Crippen LogP) is 2.05. The number of aryl methyl sites for hydroxylation is 1. The number of amides is 2. The van der Waals surface area contributed by atoms with Crippen LogP contribution in [0.2, 0.25) is 0 Å². The summed E-state index contributed by atoms with van der Waals surface area (Å²) >= 11 is 0. The van der Waals surface area contributed by atoms with Crippen LogP contribution in [0.25, 0.3) is 0 Å². The summed E-state index contributed by atoms with van der Waals surface area (Å²) in [4.78, 5) is 28.5. The molecule has 0 aromatic heterocycles. The lowest BCUT2D eigenvalue weighted by atomic mass is 10.1. The van der Waals surface area contributed by atoms with Crippen LogP contribution in [-0.2, 0) is 26.0 Å². The van der Waals surface area contributed by atoms with Crippen LogP contribution in [0, 0.1) is 0 Å². The second kappa shape index (κ2) is 11.1. The molecular formula is C23H29N3O4S. The molecule has 2 aromatic carbocycles. The minimum absolute atomic E-state index is 0.0503. The smallest absolute Gasteiger partial charge is 0.240 e. The topological polar surface area (TPSA) is 86.8 Å². The van der Waals surface area contributed by atoms with Gasteiger partial charge in [0.1, 0.15) is 0 Å². The number of sulfonamides is 1. The Hall–Kier alpha value is -2.71. The van der Waals surface area contributed by atoms with Gasteiger partial charge in [-0.3, -0.25) is 9.59 Å². The van der Waals surface area contributed by atoms with Gasteiger partial charge in [0.2, 0.25) is 21.8 Å². The van der Waals surface area contributed by atoms with E-state index in [0.29, 0.717) is 32.6 Å². The second-order valence-electron chi connectivity index (χ2n) is 7.56. The summed E-state index contributed by atoms with van der Waals surface area (Å²) in [5.74, 6) is 0.0191. The number of nitrogens with zero attached hydrogens (tertiary/aromatic N) is 2. The summed E-state index contributed by atoms with van der Waals surface area (Å²) < 4.78 is 26.9. The third-order valence-corrected chi connectivity index (χ3v) is 6.85. The van der Waals surface area contributed by atoms with Gasteiger partial charge in [0, 0.05) is 45.6 Å². The Labute approximate surface area is 184 Å². The van der Waals surface area contributed by atoms with Gasteiger partial charge in [-0.2, -0.15) is 0 Å². The molecule has 2 amide bonds. The van der Waals surface area contributed by atoms with E-state index in [1.165, 1.54) is 17.7 Å². The molecule has 166 valence electrons. The van der Waals surface area contributed by atoms with Crippen LogP contribution in [0.1, 0.15) is 24.8 Å². The Bertz CT molecular complexity index is 957. The molecule has 0 spiro atoms. The number of rotatable bonds is 9. The number of benzene rings is 2. The first kappa shape index (κ1) is 23.0. The van der Waals surface area contributed by atoms with Crippen molar-refractivity contribution in [3.05, 3.63) is 66.2 Å². The van der Waals surface area contributed by atoms with Gasteiger partial charge in [-0.25, -0.2) is 13.1 Å². The predicted molar refractivity (Wildman–Crippen MR) is 119 cm³/mol. The fourth-order valence-electron chi connectivity index (χ4n) is 3.59. The third kappa shape index (κ3) is 6.90. The standard InChI is InChI=1S/C23H29N3O4S/c27-22(13-7-10-20-8-3-1-4-9-20)25-16-18-26(19-17-25)23(28)14-15-24-31(29,30)21-11-5-2-6-12-21/h1-6,8-9,11-12,24H,7,10,13-19H2. The largest absolute Gasteiger partial charge is 0.339 e. The maximum absolute atomic E-state index is 12.4. The van der Waals surface area contributed by atoms with Crippen LogP contribution in [0.15, 0.2) is 65.6 Å². The van der Waals surface area contributed by atoms with E-state index in [1.54, 1.807) is 23.1 Å². The van der Waals surface area contributed by atoms with Crippen LogP contribution in [0.3, 0.4) is 0 Å². The highest BCUT2D eigenvalue weighted by atomic mass is 32.2. The van der Waals surface area contributed by atoms with Crippen molar-refractivity contribution in [1.29, 1.82) is 0 Å². The fourth-order valence-corrected chi connectivity index (χ4v) is 4.64. The van der Waals surface area contributed by atoms with Gasteiger partial charge in [0.25, 0.3) is 0 Å². The Balaban J connectivity index is 1.35. The summed E-state index contributed by atoms with van der Waals surface area (Å²) in [6.45, 7) is 2.05. The quantitative estimate of drug-likeness (QED) is 0.643. The molecule has 1 fully saturated rings. The molecule has 0 radical (unpaired) electrons. The molecule has 31 heavy (non-hydrogen) atoms. The lowest BCUT2D eigenvalue weighted by Crippen LogP contribution is -2.51. The monoisotopic (exact) mass is 443 g/mol. The number of carbonyl (C=O) groups is 2. The minimum atomic E-state index is -3.61. The molecule has 1 aliphatic heterocycles. The van der Waals surface area contributed by atoms with Crippen LogP contribution >= 0.6 is 0 Å². The van der Waals surface area contributed by atoms with E-state index in [0.717, 1.165) is 12.8 Å². The summed E-state index contributed by atoms with van der Waals surface area (Å²) in [5, 5.41) is 0. The molecular weight excluding hydrogens is 414 g/mol. The van der Waals surface area contributed by atoms with E-state index in [1.807, 2.05) is 23.1 Å². The molecule has 0 unspecified atom stereocenters. The van der Waals surface area contributed by atoms with Crippen molar-refractivity contribution in [3.63, 3.8) is 0 Å². The van der Waals surface area contributed by atoms with Crippen LogP contribution < -0.4 is 4.72 Å². The summed E-state index contributed by atoms with van der Waals surface area (Å²) in [5.41, 5.74) is 1.23. The maximum Gasteiger partial charge on any atom is 0.240 e. The molecule has 2 aromatic rings. The summed E-state index contributed by atoms with van der Waals surface area (Å²) in [6.07, 6.45) is 2.29. The molecule has 0 aliphatic carbocycles. The minimum Gasteiger partial charge on any atom is -0.339 e. The number of piperazine rings is 1. The van der Waals surface area contributed by atoms with Gasteiger partial charge in [-0.05, 0) is 30.5 Å². The highest BCUT2D eigenvalue weighted by Crippen LogP contribution is 2.10. The van der Waals surface area contributed by atoms with Crippen molar-refractivity contribution < 1.29 is 18.0 Å². The van der Waals surface area contributed by atoms with E-state index in [4.69, 9.17) is 0 Å². The fraction of sp³-hybridized carbons (Fsp3) is 0.391. The molecule has 0 atom stereocenters. The first-order chi connectivity index (χ1) is 15.0. The van der Waals surface area contributed by atoms with Gasteiger partial charge in [0.15, 0.2) is 0 Å². The lowest BCUT2D eigenvalue weighted by molar-refractivity contribution is -0.139. The van der Waals surface area contributed by atoms with Crippen LogP contribution in [-0.4, -0.2) is 62.8 Å². The normalized spacial score (nSPS) is 14.5. The van der Waals surface area contributed by atoms with E-state index in [-0.39, 0.29) is 29.7 Å². The van der Waals surface area contributed by atoms with Crippen molar-refractivity contribution in [2.24, 2.45) is 0 Å². The van der Waals surface area contributed by atoms with Gasteiger partial charge in [-0.15, -0.1) is 0 Å². The maximum atomic E-state index is 12.4. The highest BCUT2D eigenvalue weighted by molar-refractivity contribution is 7.89. The average Bonchev–Trinajstić information content (AvgIpc) is 2.80. The van der Waals surface area contributed by atoms with Gasteiger partial charge in [0.05, 0.1) is 4.90 Å². The van der Waals surface area contributed by atoms with Crippen LogP contribution in [0.4, 0.5) is 0 Å². The number of hydrogen-bond acceptors (Lipinski definition) is 4. The molecule has 1 saturated heterocycles. The molecule has 1 N–H and O–H groups in total. The SMILES string of the molecule is O=C(CCCc1ccccc1)N1CCN(C(=O)CCNS(=O)(=O)c2ccccc2)CC1. The average molecular weight is 444 g/mol. The van der Waals surface area contributed by atoms with E-state index < -0.39 is 10.0 Å². The van der Waals surface area contributed by atoms with Gasteiger partial charge in [-0.1, -0.05) is 48.5 Å². The first-order valence-corrected chi connectivity index (χ1v) is 12.1. The highest BCUT2D eigenvalue weighted by Gasteiger charge is 2.24. The lowest BCUT2D eigenvalue weighted by Gasteiger charge is -2.35. The Morgan fingerprint density at radius 2 is 1.29 bits per heavy atom. The summed E-state index contributed by atoms with van der Waals surface area (Å²) in [6, 6.07) is 18.2. The molecule has 1 heterocycles. The zero-order valence-corrected chi connectivity index (χ0v) is 18.4. The molecule has 8 heteroatoms. The van der Waals surface area contributed by atoms with Crippen molar-refractivity contribution >= 4 is 21.8 Å². The van der Waals surface area contributed by atoms with E-state index >= 15 is 0 Å². The number of carbonyl (C=O) groups excluding carboxylic acids is 2. The zero-order chi connectivity index (χ0) is 22.1. The van der Waals surface area contributed by atoms with Gasteiger partial charge >= 0.3 is 0 Å². The molecule has 0 bridgehead atoms. The van der Waals surface area contributed by atoms with Crippen molar-refractivity contribution in [2.75, 3.05) is 32.7 Å². The molecule has 0 saturated carbocycles. The molecule has 7 nitrogen and oxygen atoms in total.